The molecule has 0 bridgehead atoms. The third kappa shape index (κ3) is 5.27. The predicted octanol–water partition coefficient (Wildman–Crippen LogP) is 3.29. The van der Waals surface area contributed by atoms with Gasteiger partial charge in [-0.1, -0.05) is 55.5 Å². The molecule has 1 aliphatic carbocycles. The monoisotopic (exact) mass is 434 g/mol. The van der Waals surface area contributed by atoms with Crippen molar-refractivity contribution in [1.82, 2.24) is 10.6 Å². The largest absolute Gasteiger partial charge is 0.481 e. The van der Waals surface area contributed by atoms with E-state index in [1.807, 2.05) is 48.5 Å². The smallest absolute Gasteiger partial charge is 0.407 e. The summed E-state index contributed by atoms with van der Waals surface area (Å²) >= 11 is 0. The molecule has 0 heterocycles. The number of ether oxygens (including phenoxy) is 1. The van der Waals surface area contributed by atoms with Gasteiger partial charge in [-0.05, 0) is 28.7 Å². The third-order valence-corrected chi connectivity index (χ3v) is 5.53. The van der Waals surface area contributed by atoms with Crippen molar-refractivity contribution in [3.63, 3.8) is 0 Å². The minimum Gasteiger partial charge on any atom is -0.481 e. The molecule has 7 heteroatoms. The summed E-state index contributed by atoms with van der Waals surface area (Å²) in [5.74, 6) is 0.702. The minimum atomic E-state index is -1.02. The Morgan fingerprint density at radius 2 is 1.66 bits per heavy atom. The van der Waals surface area contributed by atoms with Crippen LogP contribution in [-0.4, -0.2) is 41.8 Å². The van der Waals surface area contributed by atoms with Gasteiger partial charge in [0.2, 0.25) is 5.91 Å². The van der Waals surface area contributed by atoms with E-state index in [-0.39, 0.29) is 25.4 Å². The molecular weight excluding hydrogens is 408 g/mol. The topological polar surface area (TPSA) is 105 Å². The molecule has 32 heavy (non-hydrogen) atoms. The van der Waals surface area contributed by atoms with Gasteiger partial charge in [-0.25, -0.2) is 4.79 Å². The quantitative estimate of drug-likeness (QED) is 0.526. The highest BCUT2D eigenvalue weighted by Gasteiger charge is 2.30. The van der Waals surface area contributed by atoms with Gasteiger partial charge < -0.3 is 20.5 Å². The zero-order valence-electron chi connectivity index (χ0n) is 17.8. The highest BCUT2D eigenvalue weighted by molar-refractivity contribution is 5.86. The SMILES string of the molecule is C#CCC(NC(=O)OCC1c2ccccc2-c2ccccc21)C(=O)N[C@H](CC)CC(=O)O. The maximum absolute atomic E-state index is 12.5. The average molecular weight is 434 g/mol. The van der Waals surface area contributed by atoms with Crippen LogP contribution < -0.4 is 10.6 Å². The molecule has 7 nitrogen and oxygen atoms in total. The van der Waals surface area contributed by atoms with Gasteiger partial charge in [-0.3, -0.25) is 9.59 Å². The lowest BCUT2D eigenvalue weighted by atomic mass is 9.98. The molecule has 0 aromatic heterocycles. The van der Waals surface area contributed by atoms with Gasteiger partial charge >= 0.3 is 12.1 Å². The van der Waals surface area contributed by atoms with E-state index < -0.39 is 30.1 Å². The van der Waals surface area contributed by atoms with E-state index in [0.717, 1.165) is 22.3 Å². The Hall–Kier alpha value is -3.79. The molecule has 2 amide bonds. The maximum Gasteiger partial charge on any atom is 0.407 e. The number of nitrogens with one attached hydrogen (secondary N) is 2. The van der Waals surface area contributed by atoms with Crippen molar-refractivity contribution < 1.29 is 24.2 Å². The fourth-order valence-electron chi connectivity index (χ4n) is 3.92. The number of fused-ring (bicyclic) bond motifs is 3. The summed E-state index contributed by atoms with van der Waals surface area (Å²) in [4.78, 5) is 35.9. The van der Waals surface area contributed by atoms with Crippen molar-refractivity contribution in [2.45, 2.75) is 44.2 Å². The van der Waals surface area contributed by atoms with Crippen LogP contribution in [0.25, 0.3) is 11.1 Å². The number of hydrogen-bond donors (Lipinski definition) is 3. The summed E-state index contributed by atoms with van der Waals surface area (Å²) in [5.41, 5.74) is 4.40. The molecule has 1 unspecified atom stereocenters. The standard InChI is InChI=1S/C25H26N2O5/c1-3-9-22(24(30)26-16(4-2)14-23(28)29)27-25(31)32-15-21-19-12-7-5-10-17(19)18-11-6-8-13-20(18)21/h1,5-8,10-13,16,21-22H,4,9,14-15H2,2H3,(H,26,30)(H,27,31)(H,28,29)/t16-,22?/m1/s1. The van der Waals surface area contributed by atoms with E-state index in [1.54, 1.807) is 6.92 Å². The Morgan fingerprint density at radius 3 is 2.19 bits per heavy atom. The Balaban J connectivity index is 1.63. The third-order valence-electron chi connectivity index (χ3n) is 5.53. The number of amides is 2. The number of carbonyl (C=O) groups is 3. The van der Waals surface area contributed by atoms with Crippen LogP contribution in [0.4, 0.5) is 4.79 Å². The van der Waals surface area contributed by atoms with Crippen LogP contribution in [0.5, 0.6) is 0 Å². The Bertz CT molecular complexity index is 997. The number of alkyl carbamates (subject to hydrolysis) is 1. The highest BCUT2D eigenvalue weighted by Crippen LogP contribution is 2.44. The molecule has 2 aromatic carbocycles. The van der Waals surface area contributed by atoms with Gasteiger partial charge in [0, 0.05) is 18.4 Å². The molecule has 0 aliphatic heterocycles. The number of hydrogen-bond acceptors (Lipinski definition) is 4. The summed E-state index contributed by atoms with van der Waals surface area (Å²) in [6, 6.07) is 14.4. The van der Waals surface area contributed by atoms with Gasteiger partial charge in [0.25, 0.3) is 0 Å². The molecule has 2 aromatic rings. The molecule has 3 N–H and O–H groups in total. The summed E-state index contributed by atoms with van der Waals surface area (Å²) in [7, 11) is 0. The second kappa shape index (κ2) is 10.5. The lowest BCUT2D eigenvalue weighted by molar-refractivity contribution is -0.137. The van der Waals surface area contributed by atoms with Gasteiger partial charge in [-0.2, -0.15) is 0 Å². The van der Waals surface area contributed by atoms with E-state index >= 15 is 0 Å². The van der Waals surface area contributed by atoms with Gasteiger partial charge in [0.05, 0.1) is 6.42 Å². The first-order chi connectivity index (χ1) is 15.4. The van der Waals surface area contributed by atoms with Crippen molar-refractivity contribution >= 4 is 18.0 Å². The molecule has 1 aliphatic rings. The first kappa shape index (κ1) is 22.9. The van der Waals surface area contributed by atoms with Crippen molar-refractivity contribution in [3.05, 3.63) is 59.7 Å². The van der Waals surface area contributed by atoms with Crippen molar-refractivity contribution in [2.24, 2.45) is 0 Å². The van der Waals surface area contributed by atoms with Gasteiger partial charge in [0.1, 0.15) is 12.6 Å². The van der Waals surface area contributed by atoms with Crippen LogP contribution in [0, 0.1) is 12.3 Å². The van der Waals surface area contributed by atoms with E-state index in [2.05, 4.69) is 16.6 Å². The van der Waals surface area contributed by atoms with Crippen molar-refractivity contribution in [1.29, 1.82) is 0 Å². The zero-order valence-corrected chi connectivity index (χ0v) is 17.8. The molecule has 0 fully saturated rings. The van der Waals surface area contributed by atoms with Crippen LogP contribution in [0.15, 0.2) is 48.5 Å². The van der Waals surface area contributed by atoms with E-state index in [9.17, 15) is 14.4 Å². The predicted molar refractivity (Wildman–Crippen MR) is 120 cm³/mol. The van der Waals surface area contributed by atoms with Crippen LogP contribution in [0.1, 0.15) is 43.2 Å². The number of carbonyl (C=O) groups excluding carboxylic acids is 2. The minimum absolute atomic E-state index is 0.0421. The van der Waals surface area contributed by atoms with E-state index in [4.69, 9.17) is 16.3 Å². The molecule has 0 radical (unpaired) electrons. The fourth-order valence-corrected chi connectivity index (χ4v) is 3.92. The second-order valence-corrected chi connectivity index (χ2v) is 7.64. The molecular formula is C25H26N2O5. The highest BCUT2D eigenvalue weighted by atomic mass is 16.5. The number of carboxylic acid groups (broad SMARTS) is 1. The first-order valence-corrected chi connectivity index (χ1v) is 10.5. The number of benzene rings is 2. The second-order valence-electron chi connectivity index (χ2n) is 7.64. The van der Waals surface area contributed by atoms with Crippen LogP contribution in [-0.2, 0) is 14.3 Å². The Morgan fingerprint density at radius 1 is 1.06 bits per heavy atom. The summed E-state index contributed by atoms with van der Waals surface area (Å²) in [5, 5.41) is 14.1. The number of terminal acetylenes is 1. The lowest BCUT2D eigenvalue weighted by Crippen LogP contribution is -2.50. The van der Waals surface area contributed by atoms with E-state index in [1.165, 1.54) is 0 Å². The summed E-state index contributed by atoms with van der Waals surface area (Å²) in [6.45, 7) is 1.88. The number of carboxylic acids is 1. The van der Waals surface area contributed by atoms with Crippen molar-refractivity contribution in [2.75, 3.05) is 6.61 Å². The van der Waals surface area contributed by atoms with Gasteiger partial charge in [0.15, 0.2) is 0 Å². The molecule has 166 valence electrons. The normalized spacial score (nSPS) is 13.8. The molecule has 2 atom stereocenters. The van der Waals surface area contributed by atoms with Gasteiger partial charge in [-0.15, -0.1) is 12.3 Å². The van der Waals surface area contributed by atoms with Crippen LogP contribution in [0.3, 0.4) is 0 Å². The van der Waals surface area contributed by atoms with E-state index in [0.29, 0.717) is 6.42 Å². The first-order valence-electron chi connectivity index (χ1n) is 10.5. The van der Waals surface area contributed by atoms with Crippen molar-refractivity contribution in [3.8, 4) is 23.5 Å². The maximum atomic E-state index is 12.5. The summed E-state index contributed by atoms with van der Waals surface area (Å²) < 4.78 is 5.47. The molecule has 3 rings (SSSR count). The van der Waals surface area contributed by atoms with Crippen LogP contribution >= 0.6 is 0 Å². The number of rotatable bonds is 9. The molecule has 0 saturated carbocycles. The lowest BCUT2D eigenvalue weighted by Gasteiger charge is -2.21. The molecule has 0 spiro atoms. The van der Waals surface area contributed by atoms with Crippen LogP contribution in [0.2, 0.25) is 0 Å². The Kier molecular flexibility index (Phi) is 7.50. The molecule has 0 saturated heterocycles. The number of aliphatic carboxylic acids is 1. The average Bonchev–Trinajstić information content (AvgIpc) is 3.10. The fraction of sp³-hybridized carbons (Fsp3) is 0.320. The summed E-state index contributed by atoms with van der Waals surface area (Å²) in [6.07, 6.45) is 4.78. The Labute approximate surface area is 187 Å². The zero-order chi connectivity index (χ0) is 23.1.